The number of hydrogen-bond donors (Lipinski definition) is 0. The number of fused-ring (bicyclic) bond motifs is 1. The normalized spacial score (nSPS) is 11.7. The second-order valence-electron chi connectivity index (χ2n) is 7.92. The van der Waals surface area contributed by atoms with Gasteiger partial charge >= 0.3 is 0 Å². The SMILES string of the molecule is CS(=O)(=O)c1cccc(-c2c(-c3cccc(OCCc4ccc(F)cc4)c3)nc3sccn23)c1. The summed E-state index contributed by atoms with van der Waals surface area (Å²) in [5, 5.41) is 1.95. The lowest BCUT2D eigenvalue weighted by atomic mass is 10.0. The van der Waals surface area contributed by atoms with Crippen LogP contribution in [0.3, 0.4) is 0 Å². The second-order valence-corrected chi connectivity index (χ2v) is 10.8. The van der Waals surface area contributed by atoms with Crippen molar-refractivity contribution in [1.82, 2.24) is 9.38 Å². The van der Waals surface area contributed by atoms with Gasteiger partial charge in [-0.1, -0.05) is 36.4 Å². The Hall–Kier alpha value is -3.49. The molecule has 0 saturated heterocycles. The molecule has 0 bridgehead atoms. The van der Waals surface area contributed by atoms with Gasteiger partial charge in [0.15, 0.2) is 14.8 Å². The Morgan fingerprint density at radius 3 is 2.56 bits per heavy atom. The zero-order chi connectivity index (χ0) is 23.7. The average Bonchev–Trinajstić information content (AvgIpc) is 3.42. The minimum atomic E-state index is -3.34. The van der Waals surface area contributed by atoms with Gasteiger partial charge in [-0.05, 0) is 42.0 Å². The Morgan fingerprint density at radius 2 is 1.76 bits per heavy atom. The number of halogens is 1. The van der Waals surface area contributed by atoms with E-state index >= 15 is 0 Å². The second kappa shape index (κ2) is 9.04. The van der Waals surface area contributed by atoms with E-state index in [-0.39, 0.29) is 10.7 Å². The molecular weight excluding hydrogens is 471 g/mol. The van der Waals surface area contributed by atoms with Gasteiger partial charge in [0.2, 0.25) is 0 Å². The van der Waals surface area contributed by atoms with Crippen molar-refractivity contribution in [3.05, 3.63) is 95.8 Å². The maximum atomic E-state index is 13.1. The molecule has 172 valence electrons. The van der Waals surface area contributed by atoms with Crippen LogP contribution in [0.5, 0.6) is 5.75 Å². The Bertz CT molecular complexity index is 1570. The molecule has 0 aliphatic rings. The van der Waals surface area contributed by atoms with Crippen molar-refractivity contribution in [3.8, 4) is 28.3 Å². The molecule has 5 nitrogen and oxygen atoms in total. The van der Waals surface area contributed by atoms with Crippen LogP contribution in [0, 0.1) is 5.82 Å². The van der Waals surface area contributed by atoms with Crippen LogP contribution in [0.25, 0.3) is 27.5 Å². The number of benzene rings is 3. The van der Waals surface area contributed by atoms with Crippen LogP contribution in [-0.2, 0) is 16.3 Å². The number of ether oxygens (including phenoxy) is 1. The molecule has 0 spiro atoms. The third kappa shape index (κ3) is 4.60. The summed E-state index contributed by atoms with van der Waals surface area (Å²) in [6.45, 7) is 0.455. The number of aromatic nitrogens is 2. The van der Waals surface area contributed by atoms with E-state index in [0.29, 0.717) is 18.8 Å². The molecule has 0 saturated carbocycles. The smallest absolute Gasteiger partial charge is 0.194 e. The average molecular weight is 493 g/mol. The van der Waals surface area contributed by atoms with E-state index in [1.165, 1.54) is 29.7 Å². The number of thiazole rings is 1. The van der Waals surface area contributed by atoms with Gasteiger partial charge in [-0.3, -0.25) is 4.40 Å². The van der Waals surface area contributed by atoms with Gasteiger partial charge in [-0.15, -0.1) is 11.3 Å². The lowest BCUT2D eigenvalue weighted by Crippen LogP contribution is -2.01. The lowest BCUT2D eigenvalue weighted by molar-refractivity contribution is 0.322. The van der Waals surface area contributed by atoms with Crippen molar-refractivity contribution in [2.45, 2.75) is 11.3 Å². The minimum Gasteiger partial charge on any atom is -0.493 e. The van der Waals surface area contributed by atoms with Gasteiger partial charge in [0.25, 0.3) is 0 Å². The monoisotopic (exact) mass is 492 g/mol. The highest BCUT2D eigenvalue weighted by atomic mass is 32.2. The fourth-order valence-corrected chi connectivity index (χ4v) is 5.19. The molecule has 5 rings (SSSR count). The van der Waals surface area contributed by atoms with E-state index in [0.717, 1.165) is 33.0 Å². The van der Waals surface area contributed by atoms with Gasteiger partial charge in [-0.25, -0.2) is 17.8 Å². The van der Waals surface area contributed by atoms with Gasteiger partial charge in [0.05, 0.1) is 22.9 Å². The fourth-order valence-electron chi connectivity index (χ4n) is 3.81. The van der Waals surface area contributed by atoms with E-state index < -0.39 is 9.84 Å². The first kappa shape index (κ1) is 22.3. The quantitative estimate of drug-likeness (QED) is 0.284. The van der Waals surface area contributed by atoms with Crippen molar-refractivity contribution < 1.29 is 17.5 Å². The minimum absolute atomic E-state index is 0.254. The van der Waals surface area contributed by atoms with Crippen LogP contribution in [0.4, 0.5) is 4.39 Å². The van der Waals surface area contributed by atoms with Gasteiger partial charge in [-0.2, -0.15) is 0 Å². The summed E-state index contributed by atoms with van der Waals surface area (Å²) < 4.78 is 45.3. The molecular formula is C26H21FN2O3S2. The zero-order valence-electron chi connectivity index (χ0n) is 18.3. The molecule has 0 unspecified atom stereocenters. The number of sulfone groups is 1. The number of nitrogens with zero attached hydrogens (tertiary/aromatic N) is 2. The molecule has 0 radical (unpaired) electrons. The standard InChI is InChI=1S/C26H21FN2O3S2/c1-34(30,31)23-7-3-5-20(17-23)25-24(28-26-29(25)13-15-33-26)19-4-2-6-22(16-19)32-14-12-18-8-10-21(27)11-9-18/h2-11,13,15-17H,12,14H2,1H3. The van der Waals surface area contributed by atoms with Crippen molar-refractivity contribution in [3.63, 3.8) is 0 Å². The van der Waals surface area contributed by atoms with Crippen LogP contribution in [0.2, 0.25) is 0 Å². The maximum absolute atomic E-state index is 13.1. The topological polar surface area (TPSA) is 60.7 Å². The Balaban J connectivity index is 1.47. The van der Waals surface area contributed by atoms with E-state index in [4.69, 9.17) is 9.72 Å². The van der Waals surface area contributed by atoms with Crippen LogP contribution < -0.4 is 4.74 Å². The van der Waals surface area contributed by atoms with Gasteiger partial charge in [0.1, 0.15) is 11.6 Å². The third-order valence-electron chi connectivity index (χ3n) is 5.48. The van der Waals surface area contributed by atoms with Gasteiger partial charge in [0, 0.05) is 35.4 Å². The summed E-state index contributed by atoms with van der Waals surface area (Å²) in [5.41, 5.74) is 4.22. The van der Waals surface area contributed by atoms with E-state index in [9.17, 15) is 12.8 Å². The number of rotatable bonds is 7. The Morgan fingerprint density at radius 1 is 1.00 bits per heavy atom. The predicted octanol–water partition coefficient (Wildman–Crippen LogP) is 5.89. The molecule has 5 aromatic rings. The summed E-state index contributed by atoms with van der Waals surface area (Å²) >= 11 is 1.51. The molecule has 0 fully saturated rings. The predicted molar refractivity (Wildman–Crippen MR) is 133 cm³/mol. The fraction of sp³-hybridized carbons (Fsp3) is 0.115. The molecule has 0 N–H and O–H groups in total. The molecule has 0 atom stereocenters. The maximum Gasteiger partial charge on any atom is 0.194 e. The highest BCUT2D eigenvalue weighted by Crippen LogP contribution is 2.36. The zero-order valence-corrected chi connectivity index (χ0v) is 19.9. The summed E-state index contributed by atoms with van der Waals surface area (Å²) in [6, 6.07) is 21.0. The van der Waals surface area contributed by atoms with Crippen molar-refractivity contribution in [2.24, 2.45) is 0 Å². The summed E-state index contributed by atoms with van der Waals surface area (Å²) in [5.74, 6) is 0.446. The highest BCUT2D eigenvalue weighted by molar-refractivity contribution is 7.90. The van der Waals surface area contributed by atoms with Crippen LogP contribution in [0.1, 0.15) is 5.56 Å². The Labute approximate surface area is 201 Å². The van der Waals surface area contributed by atoms with Crippen molar-refractivity contribution >= 4 is 26.1 Å². The van der Waals surface area contributed by atoms with E-state index in [1.807, 2.05) is 46.3 Å². The molecule has 8 heteroatoms. The summed E-state index contributed by atoms with van der Waals surface area (Å²) in [7, 11) is -3.34. The molecule has 2 aromatic heterocycles. The molecule has 34 heavy (non-hydrogen) atoms. The number of hydrogen-bond acceptors (Lipinski definition) is 5. The van der Waals surface area contributed by atoms with Crippen LogP contribution in [0.15, 0.2) is 89.3 Å². The van der Waals surface area contributed by atoms with Crippen LogP contribution >= 0.6 is 11.3 Å². The molecule has 2 heterocycles. The summed E-state index contributed by atoms with van der Waals surface area (Å²) in [4.78, 5) is 5.91. The van der Waals surface area contributed by atoms with Crippen LogP contribution in [-0.4, -0.2) is 30.7 Å². The van der Waals surface area contributed by atoms with Crippen molar-refractivity contribution in [2.75, 3.05) is 12.9 Å². The van der Waals surface area contributed by atoms with E-state index in [1.54, 1.807) is 30.3 Å². The largest absolute Gasteiger partial charge is 0.493 e. The molecule has 0 aliphatic heterocycles. The van der Waals surface area contributed by atoms with Crippen molar-refractivity contribution in [1.29, 1.82) is 0 Å². The third-order valence-corrected chi connectivity index (χ3v) is 7.34. The molecule has 0 amide bonds. The Kier molecular flexibility index (Phi) is 5.93. The first-order chi connectivity index (χ1) is 16.4. The first-order valence-electron chi connectivity index (χ1n) is 10.6. The highest BCUT2D eigenvalue weighted by Gasteiger charge is 2.19. The first-order valence-corrected chi connectivity index (χ1v) is 13.4. The van der Waals surface area contributed by atoms with E-state index in [2.05, 4.69) is 0 Å². The van der Waals surface area contributed by atoms with Gasteiger partial charge < -0.3 is 4.74 Å². The molecule has 0 aliphatic carbocycles. The number of imidazole rings is 1. The summed E-state index contributed by atoms with van der Waals surface area (Å²) in [6.07, 6.45) is 3.80. The molecule has 3 aromatic carbocycles. The lowest BCUT2D eigenvalue weighted by Gasteiger charge is -2.10.